The van der Waals surface area contributed by atoms with Crippen LogP contribution in [0, 0.1) is 5.82 Å². The third-order valence-electron chi connectivity index (χ3n) is 2.37. The number of unbranched alkanes of at least 4 members (excludes halogenated alkanes) is 2. The highest BCUT2D eigenvalue weighted by atomic mass is 35.7. The molecule has 0 aliphatic carbocycles. The van der Waals surface area contributed by atoms with Crippen LogP contribution in [0.2, 0.25) is 0 Å². The van der Waals surface area contributed by atoms with Crippen molar-refractivity contribution in [2.45, 2.75) is 31.1 Å². The first kappa shape index (κ1) is 15.9. The average molecular weight is 309 g/mol. The standard InChI is InChI=1S/C12H14ClFO4S/c1-2-3-4-5-18-12(15)9-6-10(14)8-11(7-9)19(13,16)17/h6-8H,2-5H2,1H3. The fraction of sp³-hybridized carbons (Fsp3) is 0.417. The molecule has 0 spiro atoms. The molecule has 0 aliphatic heterocycles. The second-order valence-corrected chi connectivity index (χ2v) is 6.52. The Balaban J connectivity index is 2.83. The number of rotatable bonds is 6. The molecule has 0 unspecified atom stereocenters. The Kier molecular flexibility index (Phi) is 5.75. The van der Waals surface area contributed by atoms with Crippen molar-refractivity contribution in [1.82, 2.24) is 0 Å². The first-order valence-corrected chi connectivity index (χ1v) is 8.08. The summed E-state index contributed by atoms with van der Waals surface area (Å²) in [6.45, 7) is 2.22. The molecule has 1 aromatic rings. The van der Waals surface area contributed by atoms with Crippen LogP contribution in [0.15, 0.2) is 23.1 Å². The molecule has 1 rings (SSSR count). The second-order valence-electron chi connectivity index (χ2n) is 3.96. The van der Waals surface area contributed by atoms with E-state index in [1.807, 2.05) is 6.92 Å². The zero-order valence-corrected chi connectivity index (χ0v) is 11.9. The van der Waals surface area contributed by atoms with Gasteiger partial charge in [0.1, 0.15) is 5.82 Å². The van der Waals surface area contributed by atoms with Crippen molar-refractivity contribution in [3.05, 3.63) is 29.6 Å². The number of hydrogen-bond donors (Lipinski definition) is 0. The first-order valence-electron chi connectivity index (χ1n) is 5.77. The molecule has 1 aromatic carbocycles. The van der Waals surface area contributed by atoms with E-state index in [4.69, 9.17) is 15.4 Å². The van der Waals surface area contributed by atoms with Crippen LogP contribution in [0.1, 0.15) is 36.5 Å². The van der Waals surface area contributed by atoms with E-state index in [0.29, 0.717) is 6.42 Å². The predicted molar refractivity (Wildman–Crippen MR) is 69.2 cm³/mol. The van der Waals surface area contributed by atoms with Crippen molar-refractivity contribution in [1.29, 1.82) is 0 Å². The van der Waals surface area contributed by atoms with Gasteiger partial charge in [-0.15, -0.1) is 0 Å². The van der Waals surface area contributed by atoms with Crippen LogP contribution in [0.5, 0.6) is 0 Å². The summed E-state index contributed by atoms with van der Waals surface area (Å²) in [7, 11) is 1.02. The van der Waals surface area contributed by atoms with Gasteiger partial charge in [0.2, 0.25) is 0 Å². The molecule has 0 fully saturated rings. The number of halogens is 2. The minimum Gasteiger partial charge on any atom is -0.462 e. The van der Waals surface area contributed by atoms with Gasteiger partial charge in [0.25, 0.3) is 9.05 Å². The van der Waals surface area contributed by atoms with Crippen molar-refractivity contribution >= 4 is 25.7 Å². The maximum absolute atomic E-state index is 13.2. The monoisotopic (exact) mass is 308 g/mol. The lowest BCUT2D eigenvalue weighted by atomic mass is 10.2. The van der Waals surface area contributed by atoms with Crippen molar-refractivity contribution in [2.75, 3.05) is 6.61 Å². The molecule has 106 valence electrons. The van der Waals surface area contributed by atoms with E-state index >= 15 is 0 Å². The maximum atomic E-state index is 13.2. The largest absolute Gasteiger partial charge is 0.462 e. The molecule has 0 aliphatic rings. The zero-order valence-electron chi connectivity index (χ0n) is 10.4. The maximum Gasteiger partial charge on any atom is 0.338 e. The summed E-state index contributed by atoms with van der Waals surface area (Å²) < 4.78 is 40.4. The van der Waals surface area contributed by atoms with E-state index in [2.05, 4.69) is 0 Å². The average Bonchev–Trinajstić information content (AvgIpc) is 2.32. The Labute approximate surface area is 115 Å². The van der Waals surface area contributed by atoms with Crippen LogP contribution in [0.3, 0.4) is 0 Å². The Bertz CT molecular complexity index is 557. The topological polar surface area (TPSA) is 60.4 Å². The van der Waals surface area contributed by atoms with Crippen molar-refractivity contribution in [3.8, 4) is 0 Å². The van der Waals surface area contributed by atoms with Gasteiger partial charge in [-0.3, -0.25) is 0 Å². The molecule has 0 radical (unpaired) electrons. The van der Waals surface area contributed by atoms with E-state index in [9.17, 15) is 17.6 Å². The minimum absolute atomic E-state index is 0.171. The van der Waals surface area contributed by atoms with Gasteiger partial charge in [-0.2, -0.15) is 0 Å². The SMILES string of the molecule is CCCCCOC(=O)c1cc(F)cc(S(=O)(=O)Cl)c1. The third kappa shape index (κ3) is 5.16. The van der Waals surface area contributed by atoms with Crippen LogP contribution in [0.25, 0.3) is 0 Å². The number of carbonyl (C=O) groups is 1. The lowest BCUT2D eigenvalue weighted by Gasteiger charge is -2.05. The van der Waals surface area contributed by atoms with Gasteiger partial charge in [0.15, 0.2) is 0 Å². The molecule has 0 atom stereocenters. The predicted octanol–water partition coefficient (Wildman–Crippen LogP) is 3.10. The molecule has 19 heavy (non-hydrogen) atoms. The van der Waals surface area contributed by atoms with Gasteiger partial charge < -0.3 is 4.74 Å². The molecule has 0 heterocycles. The molecule has 0 aromatic heterocycles. The molecule has 0 bridgehead atoms. The van der Waals surface area contributed by atoms with Crippen LogP contribution in [0.4, 0.5) is 4.39 Å². The van der Waals surface area contributed by atoms with E-state index in [-0.39, 0.29) is 12.2 Å². The molecule has 0 amide bonds. The molecule has 4 nitrogen and oxygen atoms in total. The lowest BCUT2D eigenvalue weighted by molar-refractivity contribution is 0.0497. The van der Waals surface area contributed by atoms with Gasteiger partial charge in [0.05, 0.1) is 17.1 Å². The van der Waals surface area contributed by atoms with Gasteiger partial charge in [0, 0.05) is 10.7 Å². The summed E-state index contributed by atoms with van der Waals surface area (Å²) in [4.78, 5) is 11.1. The molecule has 0 saturated carbocycles. The van der Waals surface area contributed by atoms with Gasteiger partial charge in [-0.25, -0.2) is 17.6 Å². The fourth-order valence-corrected chi connectivity index (χ4v) is 2.21. The summed E-state index contributed by atoms with van der Waals surface area (Å²) in [5.41, 5.74) is -0.171. The number of esters is 1. The number of ether oxygens (including phenoxy) is 1. The summed E-state index contributed by atoms with van der Waals surface area (Å²) in [6, 6.07) is 2.65. The van der Waals surface area contributed by atoms with Crippen molar-refractivity contribution < 1.29 is 22.3 Å². The van der Waals surface area contributed by atoms with E-state index in [1.165, 1.54) is 0 Å². The van der Waals surface area contributed by atoms with Crippen molar-refractivity contribution in [3.63, 3.8) is 0 Å². The second kappa shape index (κ2) is 6.86. The highest BCUT2D eigenvalue weighted by Crippen LogP contribution is 2.19. The van der Waals surface area contributed by atoms with Gasteiger partial charge in [-0.05, 0) is 24.6 Å². The summed E-state index contributed by atoms with van der Waals surface area (Å²) in [6.07, 6.45) is 2.60. The number of carbonyl (C=O) groups excluding carboxylic acids is 1. The highest BCUT2D eigenvalue weighted by molar-refractivity contribution is 8.13. The Morgan fingerprint density at radius 1 is 1.32 bits per heavy atom. The quantitative estimate of drug-likeness (QED) is 0.460. The van der Waals surface area contributed by atoms with Crippen LogP contribution < -0.4 is 0 Å². The third-order valence-corrected chi connectivity index (χ3v) is 3.70. The lowest BCUT2D eigenvalue weighted by Crippen LogP contribution is -2.08. The van der Waals surface area contributed by atoms with E-state index in [1.54, 1.807) is 0 Å². The summed E-state index contributed by atoms with van der Waals surface area (Å²) in [5.74, 6) is -1.63. The van der Waals surface area contributed by atoms with Crippen LogP contribution in [-0.4, -0.2) is 21.0 Å². The van der Waals surface area contributed by atoms with Crippen LogP contribution >= 0.6 is 10.7 Å². The zero-order chi connectivity index (χ0) is 14.5. The van der Waals surface area contributed by atoms with E-state index in [0.717, 1.165) is 31.0 Å². The number of hydrogen-bond acceptors (Lipinski definition) is 4. The van der Waals surface area contributed by atoms with Gasteiger partial charge in [-0.1, -0.05) is 19.8 Å². The summed E-state index contributed by atoms with van der Waals surface area (Å²) >= 11 is 0. The summed E-state index contributed by atoms with van der Waals surface area (Å²) in [5, 5.41) is 0. The smallest absolute Gasteiger partial charge is 0.338 e. The highest BCUT2D eigenvalue weighted by Gasteiger charge is 2.16. The Hall–Kier alpha value is -1.14. The minimum atomic E-state index is -4.09. The Morgan fingerprint density at radius 3 is 2.58 bits per heavy atom. The normalized spacial score (nSPS) is 11.3. The molecule has 0 N–H and O–H groups in total. The molecular formula is C12H14ClFO4S. The molecular weight excluding hydrogens is 295 g/mol. The first-order chi connectivity index (χ1) is 8.84. The molecule has 0 saturated heterocycles. The van der Waals surface area contributed by atoms with Crippen LogP contribution in [-0.2, 0) is 13.8 Å². The van der Waals surface area contributed by atoms with Crippen molar-refractivity contribution in [2.24, 2.45) is 0 Å². The number of benzene rings is 1. The fourth-order valence-electron chi connectivity index (χ4n) is 1.42. The molecule has 7 heteroatoms. The Morgan fingerprint density at radius 2 is 2.00 bits per heavy atom. The van der Waals surface area contributed by atoms with Gasteiger partial charge >= 0.3 is 5.97 Å². The van der Waals surface area contributed by atoms with E-state index < -0.39 is 25.7 Å².